The van der Waals surface area contributed by atoms with E-state index in [9.17, 15) is 0 Å². The Hall–Kier alpha value is -2.76. The van der Waals surface area contributed by atoms with Gasteiger partial charge in [0.1, 0.15) is 0 Å². The molecule has 4 aromatic rings. The second-order valence-electron chi connectivity index (χ2n) is 5.46. The zero-order chi connectivity index (χ0) is 17.2. The normalized spacial score (nSPS) is 10.8. The lowest BCUT2D eigenvalue weighted by Gasteiger charge is -2.14. The van der Waals surface area contributed by atoms with E-state index in [1.807, 2.05) is 54.6 Å². The van der Waals surface area contributed by atoms with Crippen LogP contribution in [-0.2, 0) is 0 Å². The predicted molar refractivity (Wildman–Crippen MR) is 108 cm³/mol. The predicted octanol–water partition coefficient (Wildman–Crippen LogP) is 5.25. The van der Waals surface area contributed by atoms with Crippen molar-refractivity contribution >= 4 is 62.1 Å². The highest BCUT2D eigenvalue weighted by Gasteiger charge is 2.10. The molecule has 2 aromatic heterocycles. The Morgan fingerprint density at radius 3 is 2.40 bits per heavy atom. The second kappa shape index (κ2) is 6.63. The molecule has 0 spiro atoms. The van der Waals surface area contributed by atoms with Gasteiger partial charge in [-0.15, -0.1) is 0 Å². The molecule has 0 saturated carbocycles. The van der Waals surface area contributed by atoms with Crippen molar-refractivity contribution in [3.63, 3.8) is 0 Å². The van der Waals surface area contributed by atoms with Crippen LogP contribution in [0.25, 0.3) is 21.8 Å². The quantitative estimate of drug-likeness (QED) is 0.376. The van der Waals surface area contributed by atoms with E-state index in [-0.39, 0.29) is 0 Å². The molecule has 2 heterocycles. The molecule has 0 bridgehead atoms. The number of rotatable bonds is 2. The third-order valence-corrected chi connectivity index (χ3v) is 4.36. The first-order valence-corrected chi connectivity index (χ1v) is 8.46. The minimum Gasteiger partial charge on any atom is -0.332 e. The van der Waals surface area contributed by atoms with Crippen LogP contribution in [0.4, 0.5) is 11.4 Å². The van der Waals surface area contributed by atoms with E-state index < -0.39 is 0 Å². The van der Waals surface area contributed by atoms with E-state index >= 15 is 0 Å². The van der Waals surface area contributed by atoms with Gasteiger partial charge in [0.15, 0.2) is 5.11 Å². The topological polar surface area (TPSA) is 49.8 Å². The number of thiocarbonyl (C=S) groups is 1. The largest absolute Gasteiger partial charge is 0.332 e. The summed E-state index contributed by atoms with van der Waals surface area (Å²) in [6, 6.07) is 17.3. The molecule has 2 N–H and O–H groups in total. The molecule has 0 fully saturated rings. The first-order valence-electron chi connectivity index (χ1n) is 7.67. The van der Waals surface area contributed by atoms with Crippen LogP contribution in [0.5, 0.6) is 0 Å². The molecule has 25 heavy (non-hydrogen) atoms. The third kappa shape index (κ3) is 3.12. The maximum Gasteiger partial charge on any atom is 0.175 e. The van der Waals surface area contributed by atoms with Gasteiger partial charge in [-0.2, -0.15) is 0 Å². The van der Waals surface area contributed by atoms with Gasteiger partial charge < -0.3 is 10.6 Å². The molecule has 4 rings (SSSR count). The number of anilines is 2. The van der Waals surface area contributed by atoms with Gasteiger partial charge in [0.25, 0.3) is 0 Å². The summed E-state index contributed by atoms with van der Waals surface area (Å²) in [5.41, 5.74) is 3.33. The minimum atomic E-state index is 0.460. The molecule has 0 saturated heterocycles. The molecule has 0 aliphatic rings. The molecular weight excluding hydrogens is 352 g/mol. The Bertz CT molecular complexity index is 1100. The van der Waals surface area contributed by atoms with Gasteiger partial charge in [-0.05, 0) is 48.6 Å². The number of pyridine rings is 2. The maximum absolute atomic E-state index is 6.18. The van der Waals surface area contributed by atoms with Gasteiger partial charge in [0.2, 0.25) is 0 Å². The van der Waals surface area contributed by atoms with Gasteiger partial charge in [-0.25, -0.2) is 0 Å². The fraction of sp³-hybridized carbons (Fsp3) is 0. The van der Waals surface area contributed by atoms with Crippen molar-refractivity contribution in [3.8, 4) is 0 Å². The molecule has 6 heteroatoms. The van der Waals surface area contributed by atoms with Crippen LogP contribution in [0.3, 0.4) is 0 Å². The summed E-state index contributed by atoms with van der Waals surface area (Å²) in [5.74, 6) is 0. The summed E-state index contributed by atoms with van der Waals surface area (Å²) in [4.78, 5) is 8.94. The molecule has 2 aromatic carbocycles. The van der Waals surface area contributed by atoms with Crippen molar-refractivity contribution in [1.29, 1.82) is 0 Å². The Morgan fingerprint density at radius 1 is 0.840 bits per heavy atom. The van der Waals surface area contributed by atoms with Crippen LogP contribution in [-0.4, -0.2) is 15.1 Å². The van der Waals surface area contributed by atoms with Crippen molar-refractivity contribution < 1.29 is 0 Å². The molecule has 0 amide bonds. The lowest BCUT2D eigenvalue weighted by Crippen LogP contribution is -2.19. The second-order valence-corrected chi connectivity index (χ2v) is 6.27. The summed E-state index contributed by atoms with van der Waals surface area (Å²) >= 11 is 11.6. The summed E-state index contributed by atoms with van der Waals surface area (Å²) in [6.45, 7) is 0. The van der Waals surface area contributed by atoms with Crippen LogP contribution < -0.4 is 10.6 Å². The van der Waals surface area contributed by atoms with Crippen molar-refractivity contribution in [3.05, 3.63) is 72.0 Å². The van der Waals surface area contributed by atoms with E-state index in [0.717, 1.165) is 33.2 Å². The zero-order valence-corrected chi connectivity index (χ0v) is 14.6. The van der Waals surface area contributed by atoms with E-state index in [2.05, 4.69) is 20.6 Å². The number of hydrogen-bond donors (Lipinski definition) is 2. The van der Waals surface area contributed by atoms with E-state index in [1.54, 1.807) is 12.4 Å². The highest BCUT2D eigenvalue weighted by molar-refractivity contribution is 7.80. The number of nitrogens with one attached hydrogen (secondary N) is 2. The molecule has 0 aliphatic heterocycles. The van der Waals surface area contributed by atoms with Crippen LogP contribution in [0, 0.1) is 0 Å². The molecule has 122 valence electrons. The lowest BCUT2D eigenvalue weighted by molar-refractivity contribution is 1.37. The summed E-state index contributed by atoms with van der Waals surface area (Å²) in [7, 11) is 0. The fourth-order valence-electron chi connectivity index (χ4n) is 2.72. The van der Waals surface area contributed by atoms with Crippen molar-refractivity contribution in [2.24, 2.45) is 0 Å². The Morgan fingerprint density at radius 2 is 1.56 bits per heavy atom. The smallest absolute Gasteiger partial charge is 0.175 e. The average Bonchev–Trinajstić information content (AvgIpc) is 2.64. The number of halogens is 1. The lowest BCUT2D eigenvalue weighted by atomic mass is 10.1. The summed E-state index contributed by atoms with van der Waals surface area (Å²) < 4.78 is 0. The van der Waals surface area contributed by atoms with Gasteiger partial charge in [0, 0.05) is 23.2 Å². The van der Waals surface area contributed by atoms with Crippen molar-refractivity contribution in [2.45, 2.75) is 0 Å². The van der Waals surface area contributed by atoms with E-state index in [1.165, 1.54) is 0 Å². The Labute approximate surface area is 154 Å². The molecule has 4 nitrogen and oxygen atoms in total. The first-order chi connectivity index (χ1) is 12.2. The number of aromatic nitrogens is 2. The number of hydrogen-bond acceptors (Lipinski definition) is 3. The van der Waals surface area contributed by atoms with E-state index in [4.69, 9.17) is 23.8 Å². The minimum absolute atomic E-state index is 0.460. The van der Waals surface area contributed by atoms with Crippen molar-refractivity contribution in [1.82, 2.24) is 9.97 Å². The summed E-state index contributed by atoms with van der Waals surface area (Å²) in [6.07, 6.45) is 3.54. The fourth-order valence-corrected chi connectivity index (χ4v) is 3.12. The Kier molecular flexibility index (Phi) is 4.17. The first kappa shape index (κ1) is 15.7. The number of fused-ring (bicyclic) bond motifs is 3. The molecular formula is C19H13ClN4S. The highest BCUT2D eigenvalue weighted by Crippen LogP contribution is 2.29. The monoisotopic (exact) mass is 364 g/mol. The number of para-hydroxylation sites is 1. The van der Waals surface area contributed by atoms with E-state index in [0.29, 0.717) is 10.1 Å². The highest BCUT2D eigenvalue weighted by atomic mass is 35.5. The zero-order valence-electron chi connectivity index (χ0n) is 13.0. The summed E-state index contributed by atoms with van der Waals surface area (Å²) in [5, 5.41) is 9.39. The van der Waals surface area contributed by atoms with Crippen molar-refractivity contribution in [2.75, 3.05) is 10.6 Å². The van der Waals surface area contributed by atoms with Crippen LogP contribution >= 0.6 is 23.8 Å². The van der Waals surface area contributed by atoms with Gasteiger partial charge in [-0.3, -0.25) is 9.97 Å². The van der Waals surface area contributed by atoms with Gasteiger partial charge in [0.05, 0.1) is 27.4 Å². The average molecular weight is 365 g/mol. The van der Waals surface area contributed by atoms with Crippen LogP contribution in [0.2, 0.25) is 5.02 Å². The number of benzene rings is 2. The maximum atomic E-state index is 6.18. The Balaban J connectivity index is 1.73. The molecule has 0 unspecified atom stereocenters. The molecule has 0 aliphatic carbocycles. The van der Waals surface area contributed by atoms with Gasteiger partial charge >= 0.3 is 0 Å². The third-order valence-electron chi connectivity index (χ3n) is 3.83. The standard InChI is InChI=1S/C19H13ClN4S/c20-14-7-1-2-8-15(14)23-19(25)24-16-11-12-5-3-9-21-17(12)18-13(16)6-4-10-22-18/h1-11H,(H2,23,24,25). The van der Waals surface area contributed by atoms with Crippen LogP contribution in [0.15, 0.2) is 67.0 Å². The SMILES string of the molecule is S=C(Nc1ccccc1Cl)Nc1cc2cccnc2c2ncccc12. The van der Waals surface area contributed by atoms with Crippen LogP contribution in [0.1, 0.15) is 0 Å². The molecule has 0 radical (unpaired) electrons. The number of nitrogens with zero attached hydrogens (tertiary/aromatic N) is 2. The molecule has 0 atom stereocenters. The van der Waals surface area contributed by atoms with Gasteiger partial charge in [-0.1, -0.05) is 29.8 Å².